The van der Waals surface area contributed by atoms with Crippen LogP contribution in [0.2, 0.25) is 0 Å². The Balaban J connectivity index is 2.00. The van der Waals surface area contributed by atoms with Crippen LogP contribution in [0.15, 0.2) is 42.6 Å². The summed E-state index contributed by atoms with van der Waals surface area (Å²) in [6.07, 6.45) is 6.26. The zero-order valence-corrected chi connectivity index (χ0v) is 11.1. The molecule has 2 N–H and O–H groups in total. The smallest absolute Gasteiger partial charge is 0.255 e. The summed E-state index contributed by atoms with van der Waals surface area (Å²) in [5.41, 5.74) is 8.33. The normalized spacial score (nSPS) is 18.2. The molecule has 1 amide bonds. The second kappa shape index (κ2) is 5.43. The van der Waals surface area contributed by atoms with E-state index in [0.29, 0.717) is 5.56 Å². The molecule has 1 saturated heterocycles. The number of pyridine rings is 1. The third kappa shape index (κ3) is 2.30. The van der Waals surface area contributed by atoms with E-state index in [-0.39, 0.29) is 12.1 Å². The molecule has 1 aliphatic heterocycles. The molecule has 0 aliphatic carbocycles. The Morgan fingerprint density at radius 2 is 2.15 bits per heavy atom. The van der Waals surface area contributed by atoms with Crippen molar-refractivity contribution in [3.63, 3.8) is 0 Å². The Morgan fingerprint density at radius 3 is 2.85 bits per heavy atom. The average Bonchev–Trinajstić information content (AvgIpc) is 2.93. The first kappa shape index (κ1) is 12.8. The molecule has 0 spiro atoms. The maximum Gasteiger partial charge on any atom is 0.255 e. The van der Waals surface area contributed by atoms with Crippen LogP contribution in [0.25, 0.3) is 11.1 Å². The number of rotatable bonds is 2. The summed E-state index contributed by atoms with van der Waals surface area (Å²) in [7, 11) is 0. The molecule has 1 aliphatic rings. The van der Waals surface area contributed by atoms with Gasteiger partial charge in [0.1, 0.15) is 0 Å². The minimum atomic E-state index is -0.173. The van der Waals surface area contributed by atoms with E-state index in [1.165, 1.54) is 0 Å². The fraction of sp³-hybridized carbons (Fsp3) is 0.250. The molecule has 1 fully saturated rings. The van der Waals surface area contributed by atoms with Crippen LogP contribution in [-0.4, -0.2) is 28.5 Å². The first-order valence-electron chi connectivity index (χ1n) is 6.76. The highest BCUT2D eigenvalue weighted by Crippen LogP contribution is 2.25. The Hall–Kier alpha value is -2.20. The number of likely N-dealkylation sites (tertiary alicyclic amines) is 1. The summed E-state index contributed by atoms with van der Waals surface area (Å²) in [6.45, 7) is 0.727. The summed E-state index contributed by atoms with van der Waals surface area (Å²) in [5, 5.41) is 0. The number of hydrogen-bond acceptors (Lipinski definition) is 3. The van der Waals surface area contributed by atoms with Crippen molar-refractivity contribution in [3.8, 4) is 11.1 Å². The summed E-state index contributed by atoms with van der Waals surface area (Å²) in [4.78, 5) is 18.4. The zero-order valence-electron chi connectivity index (χ0n) is 11.1. The molecule has 0 bridgehead atoms. The highest BCUT2D eigenvalue weighted by atomic mass is 16.2. The number of nitrogens with two attached hydrogens (primary N) is 1. The maximum absolute atomic E-state index is 12.7. The van der Waals surface area contributed by atoms with Gasteiger partial charge in [0.05, 0.1) is 12.4 Å². The van der Waals surface area contributed by atoms with Gasteiger partial charge in [-0.15, -0.1) is 0 Å². The Morgan fingerprint density at radius 1 is 1.30 bits per heavy atom. The number of carbonyl (C=O) groups is 1. The van der Waals surface area contributed by atoms with Crippen molar-refractivity contribution in [2.45, 2.75) is 19.0 Å². The molecular weight excluding hydrogens is 250 g/mol. The van der Waals surface area contributed by atoms with Gasteiger partial charge in [-0.2, -0.15) is 0 Å². The van der Waals surface area contributed by atoms with Gasteiger partial charge in [0.2, 0.25) is 0 Å². The SMILES string of the molecule is NC1CCCN1C(=O)c1ccccc1-c1[c]nccc1. The number of hydrogen-bond donors (Lipinski definition) is 1. The minimum Gasteiger partial charge on any atom is -0.323 e. The van der Waals surface area contributed by atoms with Crippen molar-refractivity contribution in [1.82, 2.24) is 9.88 Å². The molecule has 1 aromatic heterocycles. The molecule has 20 heavy (non-hydrogen) atoms. The lowest BCUT2D eigenvalue weighted by atomic mass is 10.0. The van der Waals surface area contributed by atoms with Gasteiger partial charge in [-0.25, -0.2) is 0 Å². The number of aromatic nitrogens is 1. The standard InChI is InChI=1S/C16H16N3O/c17-15-8-4-10-19(15)16(20)14-7-2-1-6-13(14)12-5-3-9-18-11-12/h1-3,5-7,9,15H,4,8,10,17H2. The molecule has 4 nitrogen and oxygen atoms in total. The van der Waals surface area contributed by atoms with Gasteiger partial charge in [-0.1, -0.05) is 24.3 Å². The van der Waals surface area contributed by atoms with Gasteiger partial charge in [0, 0.05) is 23.9 Å². The highest BCUT2D eigenvalue weighted by molar-refractivity contribution is 6.01. The Labute approximate surface area is 118 Å². The lowest BCUT2D eigenvalue weighted by molar-refractivity contribution is 0.0741. The fourth-order valence-electron chi connectivity index (χ4n) is 2.58. The van der Waals surface area contributed by atoms with Crippen molar-refractivity contribution in [2.75, 3.05) is 6.54 Å². The van der Waals surface area contributed by atoms with Crippen LogP contribution in [-0.2, 0) is 0 Å². The third-order valence-electron chi connectivity index (χ3n) is 3.62. The van der Waals surface area contributed by atoms with E-state index in [2.05, 4.69) is 11.2 Å². The van der Waals surface area contributed by atoms with Gasteiger partial charge < -0.3 is 10.6 Å². The summed E-state index contributed by atoms with van der Waals surface area (Å²) in [6, 6.07) is 11.3. The van der Waals surface area contributed by atoms with Crippen molar-refractivity contribution in [2.24, 2.45) is 5.73 Å². The van der Waals surface area contributed by atoms with E-state index in [0.717, 1.165) is 30.5 Å². The van der Waals surface area contributed by atoms with Crippen LogP contribution >= 0.6 is 0 Å². The second-order valence-electron chi connectivity index (χ2n) is 4.92. The van der Waals surface area contributed by atoms with Crippen LogP contribution in [0.5, 0.6) is 0 Å². The molecule has 1 atom stereocenters. The molecule has 2 heterocycles. The number of amides is 1. The lowest BCUT2D eigenvalue weighted by Crippen LogP contribution is -2.41. The van der Waals surface area contributed by atoms with Gasteiger partial charge in [-0.05, 0) is 30.5 Å². The van der Waals surface area contributed by atoms with Gasteiger partial charge in [0.25, 0.3) is 5.91 Å². The summed E-state index contributed by atoms with van der Waals surface area (Å²) < 4.78 is 0. The first-order chi connectivity index (χ1) is 9.77. The van der Waals surface area contributed by atoms with Crippen molar-refractivity contribution in [3.05, 3.63) is 54.4 Å². The highest BCUT2D eigenvalue weighted by Gasteiger charge is 2.27. The number of nitrogens with zero attached hydrogens (tertiary/aromatic N) is 2. The summed E-state index contributed by atoms with van der Waals surface area (Å²) >= 11 is 0. The molecule has 0 saturated carbocycles. The van der Waals surface area contributed by atoms with E-state index in [9.17, 15) is 4.79 Å². The number of carbonyl (C=O) groups excluding carboxylic acids is 1. The van der Waals surface area contributed by atoms with E-state index < -0.39 is 0 Å². The van der Waals surface area contributed by atoms with Gasteiger partial charge in [0.15, 0.2) is 0 Å². The summed E-state index contributed by atoms with van der Waals surface area (Å²) in [5.74, 6) is -0.0112. The van der Waals surface area contributed by atoms with Gasteiger partial charge in [-0.3, -0.25) is 9.78 Å². The zero-order chi connectivity index (χ0) is 13.9. The van der Waals surface area contributed by atoms with Crippen LogP contribution in [0.1, 0.15) is 23.2 Å². The van der Waals surface area contributed by atoms with Crippen molar-refractivity contribution in [1.29, 1.82) is 0 Å². The molecule has 1 unspecified atom stereocenters. The molecular formula is C16H16N3O. The van der Waals surface area contributed by atoms with E-state index >= 15 is 0 Å². The number of benzene rings is 1. The third-order valence-corrected chi connectivity index (χ3v) is 3.62. The van der Waals surface area contributed by atoms with E-state index in [1.54, 1.807) is 11.1 Å². The Kier molecular flexibility index (Phi) is 3.48. The average molecular weight is 266 g/mol. The minimum absolute atomic E-state index is 0.0112. The monoisotopic (exact) mass is 266 g/mol. The van der Waals surface area contributed by atoms with Gasteiger partial charge >= 0.3 is 0 Å². The van der Waals surface area contributed by atoms with Crippen molar-refractivity contribution < 1.29 is 4.79 Å². The predicted molar refractivity (Wildman–Crippen MR) is 76.8 cm³/mol. The Bertz CT molecular complexity index is 612. The topological polar surface area (TPSA) is 59.2 Å². The maximum atomic E-state index is 12.7. The molecule has 101 valence electrons. The molecule has 1 aromatic carbocycles. The second-order valence-corrected chi connectivity index (χ2v) is 4.92. The van der Waals surface area contributed by atoms with Crippen LogP contribution < -0.4 is 5.73 Å². The first-order valence-corrected chi connectivity index (χ1v) is 6.76. The van der Waals surface area contributed by atoms with Crippen LogP contribution in [0.3, 0.4) is 0 Å². The molecule has 3 rings (SSSR count). The van der Waals surface area contributed by atoms with E-state index in [4.69, 9.17) is 5.73 Å². The largest absolute Gasteiger partial charge is 0.323 e. The van der Waals surface area contributed by atoms with Crippen LogP contribution in [0, 0.1) is 6.20 Å². The van der Waals surface area contributed by atoms with Crippen molar-refractivity contribution >= 4 is 5.91 Å². The lowest BCUT2D eigenvalue weighted by Gasteiger charge is -2.22. The molecule has 2 aromatic rings. The van der Waals surface area contributed by atoms with Crippen LogP contribution in [0.4, 0.5) is 0 Å². The predicted octanol–water partition coefficient (Wildman–Crippen LogP) is 2.07. The van der Waals surface area contributed by atoms with E-state index in [1.807, 2.05) is 36.4 Å². The molecule has 4 heteroatoms. The quantitative estimate of drug-likeness (QED) is 0.905. The fourth-order valence-corrected chi connectivity index (χ4v) is 2.58. The molecule has 1 radical (unpaired) electrons.